The Morgan fingerprint density at radius 1 is 1.00 bits per heavy atom. The van der Waals surface area contributed by atoms with Crippen LogP contribution < -0.4 is 4.90 Å². The van der Waals surface area contributed by atoms with Gasteiger partial charge < -0.3 is 4.90 Å². The zero-order valence-electron chi connectivity index (χ0n) is 17.6. The number of hydrazone groups is 1. The molecule has 1 aromatic carbocycles. The van der Waals surface area contributed by atoms with Gasteiger partial charge in [0.25, 0.3) is 5.91 Å². The summed E-state index contributed by atoms with van der Waals surface area (Å²) in [6.07, 6.45) is 0.786. The third kappa shape index (κ3) is 4.31. The zero-order valence-corrected chi connectivity index (χ0v) is 19.2. The predicted octanol–water partition coefficient (Wildman–Crippen LogP) is 4.62. The first-order chi connectivity index (χ1) is 15.2. The smallest absolute Gasteiger partial charge is 0.257 e. The molecule has 1 atom stereocenters. The Bertz CT molecular complexity index is 1050. The summed E-state index contributed by atoms with van der Waals surface area (Å²) in [7, 11) is 0. The highest BCUT2D eigenvalue weighted by molar-refractivity contribution is 7.12. The maximum absolute atomic E-state index is 13.3. The van der Waals surface area contributed by atoms with E-state index in [4.69, 9.17) is 5.10 Å². The van der Waals surface area contributed by atoms with Crippen LogP contribution in [0.3, 0.4) is 0 Å². The molecule has 0 aliphatic carbocycles. The molecule has 1 fully saturated rings. The van der Waals surface area contributed by atoms with Crippen LogP contribution in [0.25, 0.3) is 0 Å². The number of hydrogen-bond donors (Lipinski definition) is 0. The number of piperazine rings is 1. The van der Waals surface area contributed by atoms with E-state index in [9.17, 15) is 4.79 Å². The Morgan fingerprint density at radius 3 is 2.48 bits per heavy atom. The number of anilines is 1. The first kappa shape index (κ1) is 20.4. The lowest BCUT2D eigenvalue weighted by molar-refractivity contribution is -0.134. The third-order valence-electron chi connectivity index (χ3n) is 6.03. The molecule has 4 heterocycles. The number of amides is 1. The number of rotatable bonds is 5. The van der Waals surface area contributed by atoms with Crippen LogP contribution in [-0.2, 0) is 4.79 Å². The van der Waals surface area contributed by atoms with Crippen LogP contribution in [0.2, 0.25) is 0 Å². The normalized spacial score (nSPS) is 19.6. The van der Waals surface area contributed by atoms with Crippen LogP contribution in [0.1, 0.15) is 27.8 Å². The fourth-order valence-electron chi connectivity index (χ4n) is 4.36. The fourth-order valence-corrected chi connectivity index (χ4v) is 5.90. The van der Waals surface area contributed by atoms with Crippen molar-refractivity contribution >= 4 is 40.0 Å². The summed E-state index contributed by atoms with van der Waals surface area (Å²) >= 11 is 3.39. The van der Waals surface area contributed by atoms with E-state index in [-0.39, 0.29) is 11.9 Å². The van der Waals surface area contributed by atoms with Gasteiger partial charge in [-0.05, 0) is 41.4 Å². The largest absolute Gasteiger partial charge is 0.369 e. The first-order valence-corrected chi connectivity index (χ1v) is 12.4. The monoisotopic (exact) mass is 450 g/mol. The molecule has 0 saturated carbocycles. The number of aryl methyl sites for hydroxylation is 1. The van der Waals surface area contributed by atoms with Crippen LogP contribution >= 0.6 is 22.7 Å². The van der Waals surface area contributed by atoms with Crippen molar-refractivity contribution in [2.45, 2.75) is 19.4 Å². The van der Waals surface area contributed by atoms with Gasteiger partial charge in [-0.15, -0.1) is 22.7 Å². The Labute approximate surface area is 191 Å². The summed E-state index contributed by atoms with van der Waals surface area (Å²) in [5.41, 5.74) is 3.63. The predicted molar refractivity (Wildman–Crippen MR) is 129 cm³/mol. The van der Waals surface area contributed by atoms with Gasteiger partial charge in [-0.3, -0.25) is 9.69 Å². The minimum absolute atomic E-state index is 0.0119. The van der Waals surface area contributed by atoms with E-state index >= 15 is 0 Å². The molecule has 1 unspecified atom stereocenters. The molecule has 2 aliphatic heterocycles. The lowest BCUT2D eigenvalue weighted by atomic mass is 10.1. The number of nitrogens with zero attached hydrogens (tertiary/aromatic N) is 4. The SMILES string of the molecule is Cc1ccccc1N1CCN(CC(=O)N2N=C(c3cccs3)CC2c2cccs2)CC1. The second-order valence-corrected chi connectivity index (χ2v) is 9.97. The van der Waals surface area contributed by atoms with Gasteiger partial charge in [0.2, 0.25) is 0 Å². The lowest BCUT2D eigenvalue weighted by Crippen LogP contribution is -2.49. The topological polar surface area (TPSA) is 39.1 Å². The molecule has 0 N–H and O–H groups in total. The standard InChI is InChI=1S/C24H26N4OS2/c1-18-6-2-3-7-20(18)27-12-10-26(11-13-27)17-24(29)28-21(23-9-5-15-31-23)16-19(25-28)22-8-4-14-30-22/h2-9,14-15,21H,10-13,16-17H2,1H3. The van der Waals surface area contributed by atoms with Gasteiger partial charge in [-0.2, -0.15) is 5.10 Å². The molecule has 2 aliphatic rings. The van der Waals surface area contributed by atoms with Gasteiger partial charge >= 0.3 is 0 Å². The molecule has 160 valence electrons. The molecule has 0 spiro atoms. The highest BCUT2D eigenvalue weighted by atomic mass is 32.1. The maximum atomic E-state index is 13.3. The van der Waals surface area contributed by atoms with Crippen molar-refractivity contribution in [3.63, 3.8) is 0 Å². The second kappa shape index (κ2) is 8.94. The van der Waals surface area contributed by atoms with E-state index in [1.807, 2.05) is 6.07 Å². The molecule has 0 radical (unpaired) electrons. The molecule has 5 nitrogen and oxygen atoms in total. The molecule has 1 amide bonds. The number of carbonyl (C=O) groups is 1. The van der Waals surface area contributed by atoms with E-state index in [1.165, 1.54) is 16.1 Å². The molecule has 31 heavy (non-hydrogen) atoms. The van der Waals surface area contributed by atoms with Crippen molar-refractivity contribution in [1.82, 2.24) is 9.91 Å². The molecule has 2 aromatic heterocycles. The number of hydrogen-bond acceptors (Lipinski definition) is 6. The summed E-state index contributed by atoms with van der Waals surface area (Å²) in [4.78, 5) is 20.4. The Kier molecular flexibility index (Phi) is 5.89. The molecule has 1 saturated heterocycles. The van der Waals surface area contributed by atoms with Crippen LogP contribution in [-0.4, -0.2) is 54.3 Å². The molecular weight excluding hydrogens is 424 g/mol. The molecular formula is C24H26N4OS2. The number of benzene rings is 1. The molecule has 0 bridgehead atoms. The van der Waals surface area contributed by atoms with Gasteiger partial charge in [0.05, 0.1) is 23.2 Å². The summed E-state index contributed by atoms with van der Waals surface area (Å²) < 4.78 is 0. The second-order valence-electron chi connectivity index (χ2n) is 8.05. The van der Waals surface area contributed by atoms with Crippen LogP contribution in [0.15, 0.2) is 64.4 Å². The van der Waals surface area contributed by atoms with Gasteiger partial charge in [-0.25, -0.2) is 5.01 Å². The summed E-state index contributed by atoms with van der Waals surface area (Å²) in [6, 6.07) is 16.8. The van der Waals surface area contributed by atoms with Gasteiger partial charge in [0, 0.05) is 43.2 Å². The summed E-state index contributed by atoms with van der Waals surface area (Å²) in [5.74, 6) is 0.0919. The average Bonchev–Trinajstić information content (AvgIpc) is 3.55. The zero-order chi connectivity index (χ0) is 21.2. The first-order valence-electron chi connectivity index (χ1n) is 10.7. The van der Waals surface area contributed by atoms with Crippen molar-refractivity contribution < 1.29 is 4.79 Å². The van der Waals surface area contributed by atoms with Crippen molar-refractivity contribution in [3.8, 4) is 0 Å². The van der Waals surface area contributed by atoms with Crippen LogP contribution in [0.4, 0.5) is 5.69 Å². The average molecular weight is 451 g/mol. The van der Waals surface area contributed by atoms with Gasteiger partial charge in [0.15, 0.2) is 0 Å². The van der Waals surface area contributed by atoms with Crippen molar-refractivity contribution in [1.29, 1.82) is 0 Å². The van der Waals surface area contributed by atoms with E-state index in [2.05, 4.69) is 69.9 Å². The third-order valence-corrected chi connectivity index (χ3v) is 7.92. The summed E-state index contributed by atoms with van der Waals surface area (Å²) in [6.45, 7) is 6.24. The van der Waals surface area contributed by atoms with E-state index in [0.717, 1.165) is 43.2 Å². The van der Waals surface area contributed by atoms with Crippen LogP contribution in [0, 0.1) is 6.92 Å². The molecule has 3 aromatic rings. The number of para-hydroxylation sites is 1. The molecule has 5 rings (SSSR count). The quantitative estimate of drug-likeness (QED) is 0.570. The van der Waals surface area contributed by atoms with Crippen molar-refractivity contribution in [3.05, 3.63) is 74.6 Å². The maximum Gasteiger partial charge on any atom is 0.257 e. The minimum atomic E-state index is 0.0119. The van der Waals surface area contributed by atoms with E-state index in [0.29, 0.717) is 6.54 Å². The highest BCUT2D eigenvalue weighted by Crippen LogP contribution is 2.36. The van der Waals surface area contributed by atoms with Crippen LogP contribution in [0.5, 0.6) is 0 Å². The van der Waals surface area contributed by atoms with Crippen molar-refractivity contribution in [2.75, 3.05) is 37.6 Å². The van der Waals surface area contributed by atoms with E-state index in [1.54, 1.807) is 27.7 Å². The lowest BCUT2D eigenvalue weighted by Gasteiger charge is -2.37. The fraction of sp³-hybridized carbons (Fsp3) is 0.333. The van der Waals surface area contributed by atoms with Gasteiger partial charge in [0.1, 0.15) is 0 Å². The van der Waals surface area contributed by atoms with E-state index < -0.39 is 0 Å². The Hall–Kier alpha value is -2.48. The highest BCUT2D eigenvalue weighted by Gasteiger charge is 2.35. The molecule has 7 heteroatoms. The van der Waals surface area contributed by atoms with Crippen molar-refractivity contribution in [2.24, 2.45) is 5.10 Å². The van der Waals surface area contributed by atoms with Gasteiger partial charge in [-0.1, -0.05) is 30.3 Å². The summed E-state index contributed by atoms with van der Waals surface area (Å²) in [5, 5.41) is 10.7. The Morgan fingerprint density at radius 2 is 1.77 bits per heavy atom. The Balaban J connectivity index is 1.26. The number of carbonyl (C=O) groups excluding carboxylic acids is 1. The number of thiophene rings is 2. The minimum Gasteiger partial charge on any atom is -0.369 e.